The largest absolute Gasteiger partial charge is 0.479 e. The van der Waals surface area contributed by atoms with E-state index in [4.69, 9.17) is 5.11 Å². The van der Waals surface area contributed by atoms with E-state index in [0.717, 1.165) is 0 Å². The molecule has 0 aliphatic rings. The van der Waals surface area contributed by atoms with Gasteiger partial charge in [-0.3, -0.25) is 0 Å². The van der Waals surface area contributed by atoms with Gasteiger partial charge in [0.15, 0.2) is 0 Å². The van der Waals surface area contributed by atoms with Crippen LogP contribution in [0.15, 0.2) is 24.3 Å². The highest BCUT2D eigenvalue weighted by Gasteiger charge is 2.62. The van der Waals surface area contributed by atoms with Gasteiger partial charge in [0.25, 0.3) is 0 Å². The van der Waals surface area contributed by atoms with E-state index in [0.29, 0.717) is 5.56 Å². The van der Waals surface area contributed by atoms with Gasteiger partial charge in [-0.2, -0.15) is 13.2 Å². The minimum atomic E-state index is -5.44. The number of alkyl halides is 4. The summed E-state index contributed by atoms with van der Waals surface area (Å²) in [5.74, 6) is -2.52. The molecule has 17 heavy (non-hydrogen) atoms. The van der Waals surface area contributed by atoms with Crippen molar-refractivity contribution in [1.29, 1.82) is 0 Å². The molecule has 1 unspecified atom stereocenters. The van der Waals surface area contributed by atoms with E-state index in [-0.39, 0.29) is 5.56 Å². The van der Waals surface area contributed by atoms with Crippen molar-refractivity contribution < 1.29 is 27.5 Å². The Morgan fingerprint density at radius 3 is 2.18 bits per heavy atom. The number of halogens is 4. The summed E-state index contributed by atoms with van der Waals surface area (Å²) in [5, 5.41) is 8.43. The van der Waals surface area contributed by atoms with Crippen LogP contribution in [0.4, 0.5) is 17.6 Å². The van der Waals surface area contributed by atoms with Crippen LogP contribution in [0.2, 0.25) is 0 Å². The third kappa shape index (κ3) is 2.57. The molecule has 0 spiro atoms. The average Bonchev–Trinajstić information content (AvgIpc) is 2.19. The third-order valence-electron chi connectivity index (χ3n) is 2.48. The number of carbonyl (C=O) groups is 1. The standard InChI is InChI=1S/C11H10F4O2/c1-7-4-2-3-5-8(7)6-10(12,9(16)17)11(13,14)15/h2-5H,6H2,1H3,(H,16,17). The molecule has 94 valence electrons. The van der Waals surface area contributed by atoms with Crippen LogP contribution in [-0.4, -0.2) is 22.9 Å². The zero-order chi connectivity index (χ0) is 13.3. The van der Waals surface area contributed by atoms with Crippen molar-refractivity contribution >= 4 is 5.97 Å². The first-order valence-corrected chi connectivity index (χ1v) is 4.72. The summed E-state index contributed by atoms with van der Waals surface area (Å²) in [7, 11) is 0. The van der Waals surface area contributed by atoms with Crippen molar-refractivity contribution in [3.63, 3.8) is 0 Å². The molecule has 0 aromatic heterocycles. The molecule has 1 N–H and O–H groups in total. The summed E-state index contributed by atoms with van der Waals surface area (Å²) in [4.78, 5) is 10.5. The average molecular weight is 250 g/mol. The third-order valence-corrected chi connectivity index (χ3v) is 2.48. The second-order valence-corrected chi connectivity index (χ2v) is 3.71. The molecule has 0 saturated heterocycles. The molecule has 0 aliphatic heterocycles. The first kappa shape index (κ1) is 13.5. The van der Waals surface area contributed by atoms with E-state index in [9.17, 15) is 22.4 Å². The van der Waals surface area contributed by atoms with Gasteiger partial charge in [-0.15, -0.1) is 0 Å². The van der Waals surface area contributed by atoms with Gasteiger partial charge in [0, 0.05) is 6.42 Å². The predicted molar refractivity (Wildman–Crippen MR) is 52.4 cm³/mol. The Kier molecular flexibility index (Phi) is 3.45. The Labute approximate surface area is 94.9 Å². The lowest BCUT2D eigenvalue weighted by Crippen LogP contribution is -2.50. The van der Waals surface area contributed by atoms with Gasteiger partial charge in [0.05, 0.1) is 0 Å². The summed E-state index contributed by atoms with van der Waals surface area (Å²) in [5.41, 5.74) is -3.81. The van der Waals surface area contributed by atoms with E-state index in [1.54, 1.807) is 6.07 Å². The summed E-state index contributed by atoms with van der Waals surface area (Å²) in [6.45, 7) is 1.49. The Balaban J connectivity index is 3.13. The molecule has 0 amide bonds. The SMILES string of the molecule is Cc1ccccc1CC(F)(C(=O)O)C(F)(F)F. The quantitative estimate of drug-likeness (QED) is 0.837. The number of aliphatic carboxylic acids is 1. The van der Waals surface area contributed by atoms with Crippen LogP contribution in [0, 0.1) is 6.92 Å². The van der Waals surface area contributed by atoms with Crippen molar-refractivity contribution in [2.75, 3.05) is 0 Å². The van der Waals surface area contributed by atoms with Crippen molar-refractivity contribution in [3.05, 3.63) is 35.4 Å². The number of hydrogen-bond acceptors (Lipinski definition) is 1. The molecule has 0 radical (unpaired) electrons. The maximum Gasteiger partial charge on any atom is 0.433 e. The highest BCUT2D eigenvalue weighted by molar-refractivity contribution is 5.79. The van der Waals surface area contributed by atoms with Gasteiger partial charge in [-0.05, 0) is 18.1 Å². The summed E-state index contributed by atoms with van der Waals surface area (Å²) >= 11 is 0. The fraction of sp³-hybridized carbons (Fsp3) is 0.364. The number of rotatable bonds is 3. The number of carboxylic acid groups (broad SMARTS) is 1. The van der Waals surface area contributed by atoms with Gasteiger partial charge in [-0.1, -0.05) is 24.3 Å². The molecule has 1 rings (SSSR count). The van der Waals surface area contributed by atoms with E-state index in [1.165, 1.54) is 25.1 Å². The number of aryl methyl sites for hydroxylation is 1. The normalized spacial score (nSPS) is 15.4. The Hall–Kier alpha value is -1.59. The van der Waals surface area contributed by atoms with Crippen LogP contribution in [0.3, 0.4) is 0 Å². The van der Waals surface area contributed by atoms with Gasteiger partial charge in [0.1, 0.15) is 0 Å². The fourth-order valence-corrected chi connectivity index (χ4v) is 1.37. The van der Waals surface area contributed by atoms with Crippen LogP contribution >= 0.6 is 0 Å². The van der Waals surface area contributed by atoms with Gasteiger partial charge in [-0.25, -0.2) is 9.18 Å². The van der Waals surface area contributed by atoms with Gasteiger partial charge >= 0.3 is 17.8 Å². The Morgan fingerprint density at radius 1 is 1.24 bits per heavy atom. The highest BCUT2D eigenvalue weighted by Crippen LogP contribution is 2.37. The van der Waals surface area contributed by atoms with Crippen molar-refractivity contribution in [1.82, 2.24) is 0 Å². The molecule has 0 aliphatic carbocycles. The van der Waals surface area contributed by atoms with E-state index >= 15 is 0 Å². The van der Waals surface area contributed by atoms with Crippen LogP contribution in [0.25, 0.3) is 0 Å². The van der Waals surface area contributed by atoms with Crippen molar-refractivity contribution in [2.45, 2.75) is 25.2 Å². The monoisotopic (exact) mass is 250 g/mol. The molecule has 0 heterocycles. The zero-order valence-electron chi connectivity index (χ0n) is 8.88. The van der Waals surface area contributed by atoms with Gasteiger partial charge in [0.2, 0.25) is 0 Å². The minimum Gasteiger partial charge on any atom is -0.479 e. The summed E-state index contributed by atoms with van der Waals surface area (Å²) in [6.07, 6.45) is -6.67. The fourth-order valence-electron chi connectivity index (χ4n) is 1.37. The highest BCUT2D eigenvalue weighted by atomic mass is 19.4. The number of benzene rings is 1. The molecule has 0 fully saturated rings. The lowest BCUT2D eigenvalue weighted by molar-refractivity contribution is -0.235. The second kappa shape index (κ2) is 4.35. The van der Waals surface area contributed by atoms with E-state index in [2.05, 4.69) is 0 Å². The zero-order valence-corrected chi connectivity index (χ0v) is 8.88. The minimum absolute atomic E-state index is 0.0229. The predicted octanol–water partition coefficient (Wildman–Crippen LogP) is 2.89. The van der Waals surface area contributed by atoms with Crippen molar-refractivity contribution in [2.24, 2.45) is 0 Å². The molecule has 1 atom stereocenters. The van der Waals surface area contributed by atoms with Crippen LogP contribution < -0.4 is 0 Å². The van der Waals surface area contributed by atoms with Crippen LogP contribution in [0.1, 0.15) is 11.1 Å². The molecule has 1 aromatic rings. The molecule has 0 bridgehead atoms. The van der Waals surface area contributed by atoms with E-state index in [1.807, 2.05) is 0 Å². The lowest BCUT2D eigenvalue weighted by atomic mass is 9.93. The number of hydrogen-bond donors (Lipinski definition) is 1. The first-order valence-electron chi connectivity index (χ1n) is 4.72. The first-order chi connectivity index (χ1) is 7.68. The maximum absolute atomic E-state index is 13.6. The van der Waals surface area contributed by atoms with Crippen molar-refractivity contribution in [3.8, 4) is 0 Å². The Bertz CT molecular complexity index is 428. The topological polar surface area (TPSA) is 37.3 Å². The Morgan fingerprint density at radius 2 is 1.76 bits per heavy atom. The smallest absolute Gasteiger partial charge is 0.433 e. The molecule has 6 heteroatoms. The van der Waals surface area contributed by atoms with Gasteiger partial charge < -0.3 is 5.11 Å². The maximum atomic E-state index is 13.6. The summed E-state index contributed by atoms with van der Waals surface area (Å²) < 4.78 is 50.8. The molecular weight excluding hydrogens is 240 g/mol. The molecule has 0 saturated carbocycles. The lowest BCUT2D eigenvalue weighted by Gasteiger charge is -2.24. The molecule has 2 nitrogen and oxygen atoms in total. The number of carboxylic acids is 1. The van der Waals surface area contributed by atoms with E-state index < -0.39 is 24.2 Å². The summed E-state index contributed by atoms with van der Waals surface area (Å²) in [6, 6.07) is 5.78. The molecule has 1 aromatic carbocycles. The van der Waals surface area contributed by atoms with Crippen LogP contribution in [0.5, 0.6) is 0 Å². The second-order valence-electron chi connectivity index (χ2n) is 3.71. The molecular formula is C11H10F4O2. The van der Waals surface area contributed by atoms with Crippen LogP contribution in [-0.2, 0) is 11.2 Å².